The highest BCUT2D eigenvalue weighted by Gasteiger charge is 2.17. The number of carbonyl (C=O) groups is 1. The van der Waals surface area contributed by atoms with E-state index in [4.69, 9.17) is 0 Å². The van der Waals surface area contributed by atoms with Gasteiger partial charge in [-0.3, -0.25) is 9.89 Å². The summed E-state index contributed by atoms with van der Waals surface area (Å²) in [6, 6.07) is 7.95. The van der Waals surface area contributed by atoms with E-state index in [-0.39, 0.29) is 5.91 Å². The van der Waals surface area contributed by atoms with Crippen LogP contribution in [0.1, 0.15) is 23.9 Å². The van der Waals surface area contributed by atoms with Crippen LogP contribution >= 0.6 is 22.7 Å². The van der Waals surface area contributed by atoms with Crippen LogP contribution in [0.15, 0.2) is 35.0 Å². The average molecular weight is 331 g/mol. The van der Waals surface area contributed by atoms with E-state index in [1.165, 1.54) is 0 Å². The van der Waals surface area contributed by atoms with Crippen molar-refractivity contribution in [1.29, 1.82) is 0 Å². The van der Waals surface area contributed by atoms with Crippen LogP contribution < -0.4 is 5.32 Å². The Hall–Kier alpha value is -1.92. The van der Waals surface area contributed by atoms with Crippen molar-refractivity contribution in [2.75, 3.05) is 5.32 Å². The summed E-state index contributed by atoms with van der Waals surface area (Å²) in [7, 11) is 0. The van der Waals surface area contributed by atoms with Crippen molar-refractivity contribution in [3.8, 4) is 10.6 Å². The number of amides is 1. The second kappa shape index (κ2) is 6.89. The molecule has 4 nitrogen and oxygen atoms in total. The maximum atomic E-state index is 12.3. The van der Waals surface area contributed by atoms with Gasteiger partial charge in [0.05, 0.1) is 22.7 Å². The van der Waals surface area contributed by atoms with E-state index in [2.05, 4.69) is 22.4 Å². The van der Waals surface area contributed by atoms with Gasteiger partial charge in [-0.05, 0) is 29.3 Å². The second-order valence-corrected chi connectivity index (χ2v) is 6.94. The molecule has 1 amide bonds. The molecule has 0 aliphatic heterocycles. The lowest BCUT2D eigenvalue weighted by atomic mass is 10.2. The largest absolute Gasteiger partial charge is 0.322 e. The standard InChI is InChI=1S/C16H17N3OS2/c1-2-5-12-15(16(19-18-12)13-7-4-9-22-13)17-14(20)10-11-6-3-8-21-11/h3-4,6-9H,2,5,10H2,1H3,(H,17,20)(H,18,19). The molecule has 0 atom stereocenters. The van der Waals surface area contributed by atoms with Crippen LogP contribution in [0.5, 0.6) is 0 Å². The van der Waals surface area contributed by atoms with E-state index in [0.717, 1.165) is 39.7 Å². The lowest BCUT2D eigenvalue weighted by molar-refractivity contribution is -0.115. The number of carbonyl (C=O) groups excluding carboxylic acids is 1. The van der Waals surface area contributed by atoms with Crippen molar-refractivity contribution >= 4 is 34.3 Å². The third-order valence-corrected chi connectivity index (χ3v) is 5.03. The predicted molar refractivity (Wildman–Crippen MR) is 92.5 cm³/mol. The fourth-order valence-electron chi connectivity index (χ4n) is 2.29. The minimum absolute atomic E-state index is 0.000917. The normalized spacial score (nSPS) is 10.8. The molecule has 0 fully saturated rings. The molecule has 6 heteroatoms. The van der Waals surface area contributed by atoms with Gasteiger partial charge in [0.2, 0.25) is 5.91 Å². The predicted octanol–water partition coefficient (Wildman–Crippen LogP) is 4.33. The fraction of sp³-hybridized carbons (Fsp3) is 0.250. The highest BCUT2D eigenvalue weighted by molar-refractivity contribution is 7.13. The summed E-state index contributed by atoms with van der Waals surface area (Å²) in [6.45, 7) is 2.11. The molecule has 0 aliphatic carbocycles. The minimum atomic E-state index is -0.000917. The maximum absolute atomic E-state index is 12.3. The Balaban J connectivity index is 1.84. The molecule has 3 aromatic heterocycles. The zero-order valence-electron chi connectivity index (χ0n) is 12.3. The van der Waals surface area contributed by atoms with Crippen LogP contribution in [0, 0.1) is 0 Å². The van der Waals surface area contributed by atoms with Crippen molar-refractivity contribution in [2.24, 2.45) is 0 Å². The molecule has 0 saturated carbocycles. The molecule has 2 N–H and O–H groups in total. The average Bonchev–Trinajstić information content (AvgIpc) is 3.21. The highest BCUT2D eigenvalue weighted by Crippen LogP contribution is 2.32. The number of hydrogen-bond donors (Lipinski definition) is 2. The topological polar surface area (TPSA) is 57.8 Å². The van der Waals surface area contributed by atoms with Crippen molar-refractivity contribution in [3.63, 3.8) is 0 Å². The lowest BCUT2D eigenvalue weighted by Gasteiger charge is -2.07. The van der Waals surface area contributed by atoms with Crippen molar-refractivity contribution in [2.45, 2.75) is 26.2 Å². The first-order valence-corrected chi connectivity index (χ1v) is 8.97. The van der Waals surface area contributed by atoms with Gasteiger partial charge in [-0.15, -0.1) is 22.7 Å². The Morgan fingerprint density at radius 1 is 1.27 bits per heavy atom. The quantitative estimate of drug-likeness (QED) is 0.706. The monoisotopic (exact) mass is 331 g/mol. The summed E-state index contributed by atoms with van der Waals surface area (Å²) < 4.78 is 0. The molecule has 0 spiro atoms. The first-order valence-electron chi connectivity index (χ1n) is 7.21. The summed E-state index contributed by atoms with van der Waals surface area (Å²) in [5.41, 5.74) is 2.65. The van der Waals surface area contributed by atoms with Gasteiger partial charge in [0.1, 0.15) is 5.69 Å². The van der Waals surface area contributed by atoms with Gasteiger partial charge in [-0.2, -0.15) is 5.10 Å². The number of H-pyrrole nitrogens is 1. The molecule has 3 heterocycles. The molecule has 3 rings (SSSR count). The molecule has 0 bridgehead atoms. The van der Waals surface area contributed by atoms with Crippen LogP contribution in [0.2, 0.25) is 0 Å². The second-order valence-electron chi connectivity index (χ2n) is 4.96. The SMILES string of the molecule is CCCc1[nH]nc(-c2cccs2)c1NC(=O)Cc1cccs1. The van der Waals surface area contributed by atoms with Gasteiger partial charge in [0.15, 0.2) is 0 Å². The summed E-state index contributed by atoms with van der Waals surface area (Å²) in [4.78, 5) is 14.4. The Bertz CT molecular complexity index is 730. The van der Waals surface area contributed by atoms with E-state index >= 15 is 0 Å². The molecular formula is C16H17N3OS2. The minimum Gasteiger partial charge on any atom is -0.322 e. The van der Waals surface area contributed by atoms with Gasteiger partial charge in [-0.1, -0.05) is 25.5 Å². The van der Waals surface area contributed by atoms with Crippen molar-refractivity contribution in [1.82, 2.24) is 10.2 Å². The number of aryl methyl sites for hydroxylation is 1. The number of anilines is 1. The van der Waals surface area contributed by atoms with Crippen LogP contribution in [0.25, 0.3) is 10.6 Å². The van der Waals surface area contributed by atoms with Gasteiger partial charge < -0.3 is 5.32 Å². The van der Waals surface area contributed by atoms with Crippen LogP contribution in [0.4, 0.5) is 5.69 Å². The molecule has 0 saturated heterocycles. The van der Waals surface area contributed by atoms with Gasteiger partial charge in [0.25, 0.3) is 0 Å². The first-order chi connectivity index (χ1) is 10.8. The number of nitrogens with zero attached hydrogens (tertiary/aromatic N) is 1. The lowest BCUT2D eigenvalue weighted by Crippen LogP contribution is -2.15. The molecule has 22 heavy (non-hydrogen) atoms. The highest BCUT2D eigenvalue weighted by atomic mass is 32.1. The molecule has 0 unspecified atom stereocenters. The molecule has 0 radical (unpaired) electrons. The Morgan fingerprint density at radius 2 is 2.09 bits per heavy atom. The fourth-order valence-corrected chi connectivity index (χ4v) is 3.71. The van der Waals surface area contributed by atoms with Gasteiger partial charge in [-0.25, -0.2) is 0 Å². The summed E-state index contributed by atoms with van der Waals surface area (Å²) in [6.07, 6.45) is 2.27. The molecule has 114 valence electrons. The first kappa shape index (κ1) is 15.0. The number of aromatic nitrogens is 2. The van der Waals surface area contributed by atoms with Crippen LogP contribution in [0.3, 0.4) is 0 Å². The Morgan fingerprint density at radius 3 is 2.77 bits per heavy atom. The van der Waals surface area contributed by atoms with E-state index < -0.39 is 0 Å². The zero-order chi connectivity index (χ0) is 15.4. The number of thiophene rings is 2. The molecular weight excluding hydrogens is 314 g/mol. The summed E-state index contributed by atoms with van der Waals surface area (Å²) >= 11 is 3.22. The van der Waals surface area contributed by atoms with Crippen molar-refractivity contribution < 1.29 is 4.79 Å². The summed E-state index contributed by atoms with van der Waals surface area (Å²) in [5, 5.41) is 14.5. The third-order valence-electron chi connectivity index (χ3n) is 3.28. The number of rotatable bonds is 6. The smallest absolute Gasteiger partial charge is 0.229 e. The van der Waals surface area contributed by atoms with Gasteiger partial charge >= 0.3 is 0 Å². The van der Waals surface area contributed by atoms with Crippen molar-refractivity contribution in [3.05, 3.63) is 45.6 Å². The van der Waals surface area contributed by atoms with Crippen LogP contribution in [-0.4, -0.2) is 16.1 Å². The molecule has 3 aromatic rings. The Kier molecular flexibility index (Phi) is 4.70. The Labute approximate surface area is 137 Å². The number of aromatic amines is 1. The van der Waals surface area contributed by atoms with E-state index in [9.17, 15) is 4.79 Å². The third kappa shape index (κ3) is 3.28. The van der Waals surface area contributed by atoms with E-state index in [1.807, 2.05) is 35.0 Å². The number of hydrogen-bond acceptors (Lipinski definition) is 4. The number of nitrogens with one attached hydrogen (secondary N) is 2. The molecule has 0 aromatic carbocycles. The van der Waals surface area contributed by atoms with Gasteiger partial charge in [0, 0.05) is 4.88 Å². The molecule has 0 aliphatic rings. The van der Waals surface area contributed by atoms with E-state index in [0.29, 0.717) is 6.42 Å². The van der Waals surface area contributed by atoms with Crippen LogP contribution in [-0.2, 0) is 17.6 Å². The summed E-state index contributed by atoms with van der Waals surface area (Å²) in [5.74, 6) is -0.000917. The maximum Gasteiger partial charge on any atom is 0.229 e. The van der Waals surface area contributed by atoms with E-state index in [1.54, 1.807) is 22.7 Å². The zero-order valence-corrected chi connectivity index (χ0v) is 13.9.